The van der Waals surface area contributed by atoms with E-state index in [4.69, 9.17) is 0 Å². The number of hydrogen-bond donors (Lipinski definition) is 0. The molecule has 0 aliphatic rings. The van der Waals surface area contributed by atoms with Crippen molar-refractivity contribution in [3.05, 3.63) is 28.5 Å². The summed E-state index contributed by atoms with van der Waals surface area (Å²) in [6.45, 7) is -2.64. The Hall–Kier alpha value is -1.30. The second kappa shape index (κ2) is 3.69. The number of carbonyl (C=O) groups excluding carboxylic acids is 1. The van der Waals surface area contributed by atoms with E-state index in [-0.39, 0.29) is 5.65 Å². The van der Waals surface area contributed by atoms with Crippen molar-refractivity contribution in [3.8, 4) is 0 Å². The van der Waals surface area contributed by atoms with Crippen LogP contribution in [0, 0.1) is 0 Å². The van der Waals surface area contributed by atoms with Crippen LogP contribution in [0.2, 0.25) is 0 Å². The average Bonchev–Trinajstić information content (AvgIpc) is 2.62. The van der Waals surface area contributed by atoms with Crippen molar-refractivity contribution in [1.82, 2.24) is 9.55 Å². The highest BCUT2D eigenvalue weighted by atomic mass is 79.9. The maximum Gasteiger partial charge on any atom is 0.320 e. The first-order valence-corrected chi connectivity index (χ1v) is 4.83. The Morgan fingerprint density at radius 1 is 1.53 bits per heavy atom. The first kappa shape index (κ1) is 10.2. The zero-order valence-corrected chi connectivity index (χ0v) is 8.91. The number of carbonyl (C=O) groups is 1. The lowest BCUT2D eigenvalue weighted by molar-refractivity contribution is 0.0746. The van der Waals surface area contributed by atoms with Gasteiger partial charge in [-0.15, -0.1) is 0 Å². The fourth-order valence-electron chi connectivity index (χ4n) is 1.33. The minimum Gasteiger partial charge on any atom is -0.298 e. The highest BCUT2D eigenvalue weighted by Crippen LogP contribution is 2.28. The van der Waals surface area contributed by atoms with Gasteiger partial charge in [-0.25, -0.2) is 4.98 Å². The molecule has 2 rings (SSSR count). The Balaban J connectivity index is 2.75. The Morgan fingerprint density at radius 3 is 2.87 bits per heavy atom. The number of aromatic nitrogens is 2. The van der Waals surface area contributed by atoms with Crippen LogP contribution in [0.25, 0.3) is 11.0 Å². The van der Waals surface area contributed by atoms with Gasteiger partial charge in [0.1, 0.15) is 5.65 Å². The molecule has 0 aliphatic heterocycles. The minimum atomic E-state index is -2.64. The zero-order valence-electron chi connectivity index (χ0n) is 7.32. The Bertz CT molecular complexity index is 524. The molecule has 78 valence electrons. The van der Waals surface area contributed by atoms with Gasteiger partial charge in [0.15, 0.2) is 6.29 Å². The minimum absolute atomic E-state index is 0.155. The van der Waals surface area contributed by atoms with Crippen molar-refractivity contribution < 1.29 is 13.6 Å². The van der Waals surface area contributed by atoms with E-state index in [0.717, 1.165) is 4.57 Å². The van der Waals surface area contributed by atoms with Crippen LogP contribution in [0.15, 0.2) is 22.9 Å². The van der Waals surface area contributed by atoms with Crippen LogP contribution in [-0.4, -0.2) is 15.8 Å². The fraction of sp³-hybridized carbons (Fsp3) is 0.111. The number of nitrogens with zero attached hydrogens (tertiary/aromatic N) is 2. The molecule has 0 amide bonds. The van der Waals surface area contributed by atoms with Crippen LogP contribution in [0.4, 0.5) is 8.78 Å². The van der Waals surface area contributed by atoms with Crippen LogP contribution in [-0.2, 0) is 0 Å². The van der Waals surface area contributed by atoms with Gasteiger partial charge < -0.3 is 0 Å². The molecule has 2 aromatic heterocycles. The van der Waals surface area contributed by atoms with E-state index in [2.05, 4.69) is 20.9 Å². The van der Waals surface area contributed by atoms with Gasteiger partial charge in [-0.3, -0.25) is 9.36 Å². The van der Waals surface area contributed by atoms with E-state index in [1.165, 1.54) is 18.5 Å². The molecule has 0 atom stereocenters. The number of rotatable bonds is 2. The van der Waals surface area contributed by atoms with Gasteiger partial charge in [-0.1, -0.05) is 0 Å². The molecule has 2 aromatic rings. The Labute approximate surface area is 91.8 Å². The van der Waals surface area contributed by atoms with Gasteiger partial charge in [0.2, 0.25) is 0 Å². The van der Waals surface area contributed by atoms with Crippen molar-refractivity contribution >= 4 is 33.2 Å². The lowest BCUT2D eigenvalue weighted by Gasteiger charge is -2.03. The van der Waals surface area contributed by atoms with Crippen LogP contribution in [0.5, 0.6) is 0 Å². The third kappa shape index (κ3) is 1.54. The zero-order chi connectivity index (χ0) is 11.0. The molecular weight excluding hydrogens is 270 g/mol. The van der Waals surface area contributed by atoms with E-state index < -0.39 is 6.55 Å². The quantitative estimate of drug-likeness (QED) is 0.789. The summed E-state index contributed by atoms with van der Waals surface area (Å²) in [6, 6.07) is 1.49. The molecule has 0 aromatic carbocycles. The van der Waals surface area contributed by atoms with Gasteiger partial charge in [-0.2, -0.15) is 8.78 Å². The third-order valence-electron chi connectivity index (χ3n) is 2.04. The highest BCUT2D eigenvalue weighted by Gasteiger charge is 2.14. The van der Waals surface area contributed by atoms with Crippen LogP contribution in [0.1, 0.15) is 16.9 Å². The summed E-state index contributed by atoms with van der Waals surface area (Å²) in [4.78, 5) is 14.4. The van der Waals surface area contributed by atoms with Gasteiger partial charge in [0.05, 0.1) is 0 Å². The van der Waals surface area contributed by atoms with Crippen molar-refractivity contribution in [3.63, 3.8) is 0 Å². The highest BCUT2D eigenvalue weighted by molar-refractivity contribution is 9.10. The lowest BCUT2D eigenvalue weighted by Crippen LogP contribution is -1.97. The summed E-state index contributed by atoms with van der Waals surface area (Å²) in [6.07, 6.45) is 3.12. The smallest absolute Gasteiger partial charge is 0.298 e. The summed E-state index contributed by atoms with van der Waals surface area (Å²) in [5, 5.41) is 0.500. The predicted molar refractivity (Wildman–Crippen MR) is 54.1 cm³/mol. The van der Waals surface area contributed by atoms with Crippen LogP contribution < -0.4 is 0 Å². The summed E-state index contributed by atoms with van der Waals surface area (Å²) in [7, 11) is 0. The summed E-state index contributed by atoms with van der Waals surface area (Å²) < 4.78 is 26.2. The Kier molecular flexibility index (Phi) is 2.52. The van der Waals surface area contributed by atoms with Gasteiger partial charge in [0.25, 0.3) is 0 Å². The molecule has 0 saturated heterocycles. The SMILES string of the molecule is O=Cc1cnc2c(ccn2C(F)F)c1Br. The van der Waals surface area contributed by atoms with E-state index in [1.807, 2.05) is 0 Å². The normalized spacial score (nSPS) is 11.2. The maximum atomic E-state index is 12.5. The monoisotopic (exact) mass is 274 g/mol. The van der Waals surface area contributed by atoms with E-state index in [9.17, 15) is 13.6 Å². The molecule has 0 unspecified atom stereocenters. The molecule has 0 bridgehead atoms. The molecular formula is C9H5BrF2N2O. The second-order valence-electron chi connectivity index (χ2n) is 2.88. The number of pyridine rings is 1. The molecule has 0 radical (unpaired) electrons. The Morgan fingerprint density at radius 2 is 2.27 bits per heavy atom. The second-order valence-corrected chi connectivity index (χ2v) is 3.68. The molecule has 0 N–H and O–H groups in total. The summed E-state index contributed by atoms with van der Waals surface area (Å²) in [5.41, 5.74) is 0.497. The van der Waals surface area contributed by atoms with E-state index in [0.29, 0.717) is 21.7 Å². The number of aldehydes is 1. The summed E-state index contributed by atoms with van der Waals surface area (Å²) >= 11 is 3.17. The molecule has 15 heavy (non-hydrogen) atoms. The fourth-order valence-corrected chi connectivity index (χ4v) is 1.83. The van der Waals surface area contributed by atoms with E-state index >= 15 is 0 Å². The number of hydrogen-bond acceptors (Lipinski definition) is 2. The topological polar surface area (TPSA) is 34.9 Å². The van der Waals surface area contributed by atoms with Crippen molar-refractivity contribution in [2.24, 2.45) is 0 Å². The molecule has 0 spiro atoms. The van der Waals surface area contributed by atoms with Crippen LogP contribution >= 0.6 is 15.9 Å². The predicted octanol–water partition coefficient (Wildman–Crippen LogP) is 3.01. The van der Waals surface area contributed by atoms with Crippen LogP contribution in [0.3, 0.4) is 0 Å². The molecule has 6 heteroatoms. The van der Waals surface area contributed by atoms with Crippen molar-refractivity contribution in [2.75, 3.05) is 0 Å². The first-order chi connectivity index (χ1) is 7.15. The van der Waals surface area contributed by atoms with Crippen molar-refractivity contribution in [1.29, 1.82) is 0 Å². The molecule has 2 heterocycles. The summed E-state index contributed by atoms with van der Waals surface area (Å²) in [5.74, 6) is 0. The van der Waals surface area contributed by atoms with E-state index in [1.54, 1.807) is 0 Å². The first-order valence-electron chi connectivity index (χ1n) is 4.03. The average molecular weight is 275 g/mol. The molecule has 0 fully saturated rings. The standard InChI is InChI=1S/C9H5BrF2N2O/c10-7-5(4-15)3-13-8-6(7)1-2-14(8)9(11)12/h1-4,9H. The number of halogens is 3. The maximum absolute atomic E-state index is 12.5. The largest absolute Gasteiger partial charge is 0.320 e. The molecule has 3 nitrogen and oxygen atoms in total. The van der Waals surface area contributed by atoms with Gasteiger partial charge in [-0.05, 0) is 22.0 Å². The van der Waals surface area contributed by atoms with Gasteiger partial charge in [0, 0.05) is 27.8 Å². The molecule has 0 aliphatic carbocycles. The van der Waals surface area contributed by atoms with Gasteiger partial charge >= 0.3 is 6.55 Å². The molecule has 0 saturated carbocycles. The van der Waals surface area contributed by atoms with Crippen molar-refractivity contribution in [2.45, 2.75) is 6.55 Å². The third-order valence-corrected chi connectivity index (χ3v) is 2.93. The lowest BCUT2D eigenvalue weighted by atomic mass is 10.2. The number of fused-ring (bicyclic) bond motifs is 1. The number of alkyl halides is 2.